The zero-order valence-corrected chi connectivity index (χ0v) is 19.2. The van der Waals surface area contributed by atoms with Crippen molar-refractivity contribution in [1.82, 2.24) is 15.3 Å². The second-order valence-corrected chi connectivity index (χ2v) is 8.26. The van der Waals surface area contributed by atoms with Crippen molar-refractivity contribution in [1.29, 1.82) is 0 Å². The highest BCUT2D eigenvalue weighted by molar-refractivity contribution is 5.97. The number of aromatic amines is 1. The number of carbonyl (C=O) groups excluding carboxylic acids is 1. The van der Waals surface area contributed by atoms with Gasteiger partial charge in [0, 0.05) is 23.5 Å². The summed E-state index contributed by atoms with van der Waals surface area (Å²) in [6.07, 6.45) is 3.93. The Kier molecular flexibility index (Phi) is 7.26. The summed E-state index contributed by atoms with van der Waals surface area (Å²) in [6.45, 7) is 3.61. The molecule has 2 aromatic carbocycles. The third kappa shape index (κ3) is 5.64. The molecule has 3 N–H and O–H groups in total. The normalized spacial score (nSPS) is 11.6. The molecule has 0 aliphatic carbocycles. The third-order valence-corrected chi connectivity index (χ3v) is 5.25. The van der Waals surface area contributed by atoms with Gasteiger partial charge in [0.2, 0.25) is 0 Å². The Hall–Kier alpha value is -4.08. The lowest BCUT2D eigenvalue weighted by atomic mass is 10.1. The van der Waals surface area contributed by atoms with Crippen LogP contribution in [0.2, 0.25) is 0 Å². The number of aliphatic hydroxyl groups is 1. The number of hydrogen-bond donors (Lipinski definition) is 3. The molecule has 172 valence electrons. The van der Waals surface area contributed by atoms with Gasteiger partial charge in [0.15, 0.2) is 0 Å². The van der Waals surface area contributed by atoms with Crippen molar-refractivity contribution in [3.8, 4) is 17.6 Å². The number of rotatable bonds is 7. The molecule has 0 aliphatic heterocycles. The van der Waals surface area contributed by atoms with Crippen LogP contribution < -0.4 is 10.1 Å². The largest absolute Gasteiger partial charge is 0.490 e. The van der Waals surface area contributed by atoms with E-state index in [4.69, 9.17) is 4.74 Å². The Morgan fingerprint density at radius 2 is 1.88 bits per heavy atom. The third-order valence-electron chi connectivity index (χ3n) is 5.25. The van der Waals surface area contributed by atoms with Crippen LogP contribution in [0.25, 0.3) is 11.0 Å². The van der Waals surface area contributed by atoms with Crippen LogP contribution in [-0.2, 0) is 6.42 Å². The Morgan fingerprint density at radius 3 is 2.65 bits per heavy atom. The molecule has 1 atom stereocenters. The molecule has 1 unspecified atom stereocenters. The zero-order chi connectivity index (χ0) is 23.9. The molecule has 6 heteroatoms. The molecule has 0 radical (unpaired) electrons. The monoisotopic (exact) mass is 453 g/mol. The predicted molar refractivity (Wildman–Crippen MR) is 133 cm³/mol. The summed E-state index contributed by atoms with van der Waals surface area (Å²) in [5, 5.41) is 12.9. The maximum absolute atomic E-state index is 13.3. The van der Waals surface area contributed by atoms with Crippen LogP contribution in [0.3, 0.4) is 0 Å². The van der Waals surface area contributed by atoms with Gasteiger partial charge in [0.25, 0.3) is 5.91 Å². The second kappa shape index (κ2) is 10.7. The Balaban J connectivity index is 1.57. The number of hydrogen-bond acceptors (Lipinski definition) is 4. The average Bonchev–Trinajstić information content (AvgIpc) is 3.26. The number of nitrogens with one attached hydrogen (secondary N) is 2. The van der Waals surface area contributed by atoms with E-state index in [1.54, 1.807) is 18.3 Å². The molecule has 0 aliphatic rings. The van der Waals surface area contributed by atoms with Crippen molar-refractivity contribution >= 4 is 16.9 Å². The number of nitrogens with zero attached hydrogens (tertiary/aromatic N) is 1. The predicted octanol–water partition coefficient (Wildman–Crippen LogP) is 4.08. The molecule has 2 heterocycles. The lowest BCUT2D eigenvalue weighted by Gasteiger charge is -2.19. The highest BCUT2D eigenvalue weighted by Crippen LogP contribution is 2.22. The second-order valence-electron chi connectivity index (χ2n) is 8.26. The van der Waals surface area contributed by atoms with Gasteiger partial charge in [0.1, 0.15) is 5.75 Å². The number of carbonyl (C=O) groups is 1. The van der Waals surface area contributed by atoms with E-state index in [2.05, 4.69) is 27.1 Å². The standard InChI is InChI=1S/C28H27N3O3/c1-19(2)34-26-13-12-21(11-10-20-7-4-3-5-8-20)15-24(26)28(33)31-23(18-32)16-22-17-30-25-9-6-14-29-27(22)25/h3-9,12-15,17,19,23,30,32H,16,18H2,1-2H3,(H,31,33). The van der Waals surface area contributed by atoms with E-state index in [1.165, 1.54) is 0 Å². The van der Waals surface area contributed by atoms with E-state index in [9.17, 15) is 9.90 Å². The molecule has 0 spiro atoms. The smallest absolute Gasteiger partial charge is 0.255 e. The number of H-pyrrole nitrogens is 1. The van der Waals surface area contributed by atoms with Crippen LogP contribution in [-0.4, -0.2) is 39.7 Å². The van der Waals surface area contributed by atoms with E-state index in [-0.39, 0.29) is 18.6 Å². The summed E-state index contributed by atoms with van der Waals surface area (Å²) in [5.74, 6) is 6.37. The fourth-order valence-corrected chi connectivity index (χ4v) is 3.66. The fraction of sp³-hybridized carbons (Fsp3) is 0.214. The highest BCUT2D eigenvalue weighted by Gasteiger charge is 2.20. The molecule has 4 rings (SSSR count). The maximum Gasteiger partial charge on any atom is 0.255 e. The summed E-state index contributed by atoms with van der Waals surface area (Å²) in [6, 6.07) is 18.3. The van der Waals surface area contributed by atoms with Crippen molar-refractivity contribution in [2.24, 2.45) is 0 Å². The summed E-state index contributed by atoms with van der Waals surface area (Å²) in [4.78, 5) is 20.8. The minimum absolute atomic E-state index is 0.0984. The van der Waals surface area contributed by atoms with Crippen LogP contribution in [0.1, 0.15) is 40.9 Å². The first-order chi connectivity index (χ1) is 16.5. The van der Waals surface area contributed by atoms with E-state index in [1.807, 2.05) is 68.6 Å². The van der Waals surface area contributed by atoms with E-state index in [0.717, 1.165) is 22.2 Å². The number of amides is 1. The van der Waals surface area contributed by atoms with Gasteiger partial charge in [-0.2, -0.15) is 0 Å². The van der Waals surface area contributed by atoms with Crippen LogP contribution in [0.15, 0.2) is 73.1 Å². The van der Waals surface area contributed by atoms with Gasteiger partial charge in [-0.05, 0) is 68.3 Å². The van der Waals surface area contributed by atoms with Crippen LogP contribution >= 0.6 is 0 Å². The number of benzene rings is 2. The molecule has 0 saturated heterocycles. The molecule has 0 fully saturated rings. The first kappa shape index (κ1) is 23.1. The molecule has 0 saturated carbocycles. The fourth-order valence-electron chi connectivity index (χ4n) is 3.66. The van der Waals surface area contributed by atoms with E-state index < -0.39 is 6.04 Å². The average molecular weight is 454 g/mol. The maximum atomic E-state index is 13.3. The quantitative estimate of drug-likeness (QED) is 0.368. The number of aliphatic hydroxyl groups excluding tert-OH is 1. The van der Waals surface area contributed by atoms with E-state index >= 15 is 0 Å². The lowest BCUT2D eigenvalue weighted by Crippen LogP contribution is -2.39. The Bertz CT molecular complexity index is 1330. The van der Waals surface area contributed by atoms with Gasteiger partial charge in [-0.1, -0.05) is 30.0 Å². The molecule has 4 aromatic rings. The van der Waals surface area contributed by atoms with Gasteiger partial charge in [0.05, 0.1) is 35.3 Å². The number of aromatic nitrogens is 2. The molecular formula is C28H27N3O3. The van der Waals surface area contributed by atoms with Crippen molar-refractivity contribution in [3.05, 3.63) is 95.3 Å². The van der Waals surface area contributed by atoms with Crippen LogP contribution in [0.5, 0.6) is 5.75 Å². The van der Waals surface area contributed by atoms with Crippen molar-refractivity contribution in [2.45, 2.75) is 32.4 Å². The first-order valence-corrected chi connectivity index (χ1v) is 11.2. The minimum Gasteiger partial charge on any atom is -0.490 e. The van der Waals surface area contributed by atoms with Crippen molar-refractivity contribution in [3.63, 3.8) is 0 Å². The molecule has 6 nitrogen and oxygen atoms in total. The van der Waals surface area contributed by atoms with Gasteiger partial charge in [-0.15, -0.1) is 0 Å². The number of fused-ring (bicyclic) bond motifs is 1. The van der Waals surface area contributed by atoms with Crippen LogP contribution in [0, 0.1) is 11.8 Å². The lowest BCUT2D eigenvalue weighted by molar-refractivity contribution is 0.0910. The van der Waals surface area contributed by atoms with Gasteiger partial charge < -0.3 is 20.1 Å². The number of pyridine rings is 1. The number of ether oxygens (including phenoxy) is 1. The summed E-state index contributed by atoms with van der Waals surface area (Å²) in [7, 11) is 0. The van der Waals surface area contributed by atoms with Gasteiger partial charge >= 0.3 is 0 Å². The molecule has 0 bridgehead atoms. The molecular weight excluding hydrogens is 426 g/mol. The summed E-state index contributed by atoms with van der Waals surface area (Å²) < 4.78 is 5.88. The molecule has 34 heavy (non-hydrogen) atoms. The topological polar surface area (TPSA) is 87.2 Å². The molecule has 1 amide bonds. The Morgan fingerprint density at radius 1 is 1.09 bits per heavy atom. The summed E-state index contributed by atoms with van der Waals surface area (Å²) >= 11 is 0. The van der Waals surface area contributed by atoms with Crippen molar-refractivity contribution in [2.75, 3.05) is 6.61 Å². The summed E-state index contributed by atoms with van der Waals surface area (Å²) in [5.41, 5.74) is 4.64. The minimum atomic E-state index is -0.487. The van der Waals surface area contributed by atoms with Gasteiger partial charge in [-0.25, -0.2) is 0 Å². The SMILES string of the molecule is CC(C)Oc1ccc(C#Cc2ccccc2)cc1C(=O)NC(CO)Cc1c[nH]c2cccnc12. The zero-order valence-electron chi connectivity index (χ0n) is 19.2. The van der Waals surface area contributed by atoms with Crippen LogP contribution in [0.4, 0.5) is 0 Å². The highest BCUT2D eigenvalue weighted by atomic mass is 16.5. The van der Waals surface area contributed by atoms with Gasteiger partial charge in [-0.3, -0.25) is 9.78 Å². The first-order valence-electron chi connectivity index (χ1n) is 11.2. The van der Waals surface area contributed by atoms with E-state index in [0.29, 0.717) is 23.3 Å². The Labute approximate surface area is 199 Å². The van der Waals surface area contributed by atoms with Crippen molar-refractivity contribution < 1.29 is 14.6 Å². The molecule has 2 aromatic heterocycles.